The first-order valence-electron chi connectivity index (χ1n) is 9.62. The zero-order chi connectivity index (χ0) is 19.6. The van der Waals surface area contributed by atoms with Crippen molar-refractivity contribution in [3.8, 4) is 11.5 Å². The number of nitrogens with one attached hydrogen (secondary N) is 1. The van der Waals surface area contributed by atoms with Crippen molar-refractivity contribution in [2.24, 2.45) is 5.73 Å². The Morgan fingerprint density at radius 2 is 1.82 bits per heavy atom. The molecule has 0 radical (unpaired) electrons. The molecule has 2 aromatic rings. The fourth-order valence-corrected chi connectivity index (χ4v) is 3.90. The third-order valence-corrected chi connectivity index (χ3v) is 5.87. The van der Waals surface area contributed by atoms with Crippen LogP contribution in [0.3, 0.4) is 0 Å². The molecule has 6 heteroatoms. The van der Waals surface area contributed by atoms with E-state index >= 15 is 0 Å². The van der Waals surface area contributed by atoms with Crippen molar-refractivity contribution in [2.45, 2.75) is 30.7 Å². The highest BCUT2D eigenvalue weighted by Gasteiger charge is 2.38. The van der Waals surface area contributed by atoms with Gasteiger partial charge in [0.25, 0.3) is 0 Å². The lowest BCUT2D eigenvalue weighted by molar-refractivity contribution is -0.126. The zero-order valence-corrected chi connectivity index (χ0v) is 16.1. The molecule has 0 bridgehead atoms. The first-order chi connectivity index (χ1) is 13.5. The highest BCUT2D eigenvalue weighted by Crippen LogP contribution is 2.40. The molecule has 4 rings (SSSR count). The predicted molar refractivity (Wildman–Crippen MR) is 105 cm³/mol. The van der Waals surface area contributed by atoms with Crippen LogP contribution in [0.4, 0.5) is 0 Å². The molecule has 1 amide bonds. The van der Waals surface area contributed by atoms with Crippen LogP contribution in [0.2, 0.25) is 0 Å². The number of carbonyl (C=O) groups is 1. The topological polar surface area (TPSA) is 82.8 Å². The van der Waals surface area contributed by atoms with E-state index in [1.54, 1.807) is 6.92 Å². The van der Waals surface area contributed by atoms with Gasteiger partial charge in [-0.25, -0.2) is 0 Å². The summed E-state index contributed by atoms with van der Waals surface area (Å²) in [6, 6.07) is 15.5. The molecule has 3 N–H and O–H groups in total. The number of fused-ring (bicyclic) bond motifs is 1. The van der Waals surface area contributed by atoms with E-state index in [0.29, 0.717) is 19.8 Å². The highest BCUT2D eigenvalue weighted by atomic mass is 16.7. The molecule has 2 heterocycles. The van der Waals surface area contributed by atoms with Crippen molar-refractivity contribution in [1.82, 2.24) is 5.32 Å². The third kappa shape index (κ3) is 3.45. The minimum Gasteiger partial charge on any atom is -0.454 e. The lowest BCUT2D eigenvalue weighted by Gasteiger charge is -2.39. The van der Waals surface area contributed by atoms with E-state index in [1.165, 1.54) is 0 Å². The fourth-order valence-electron chi connectivity index (χ4n) is 3.90. The van der Waals surface area contributed by atoms with Gasteiger partial charge < -0.3 is 25.3 Å². The quantitative estimate of drug-likeness (QED) is 0.830. The second kappa shape index (κ2) is 7.45. The molecule has 2 aliphatic heterocycles. The standard InChI is InChI=1S/C22H26N2O4/c1-21(23,16-5-3-2-4-6-16)20(25)24-14-22(9-11-26-12-10-22)17-7-8-18-19(13-17)28-15-27-18/h2-8,13H,9-12,14-15,23H2,1H3,(H,24,25). The van der Waals surface area contributed by atoms with Crippen LogP contribution in [0.5, 0.6) is 11.5 Å². The minimum absolute atomic E-state index is 0.190. The predicted octanol–water partition coefficient (Wildman–Crippen LogP) is 2.45. The number of benzene rings is 2. The van der Waals surface area contributed by atoms with Gasteiger partial charge in [-0.3, -0.25) is 4.79 Å². The average molecular weight is 382 g/mol. The van der Waals surface area contributed by atoms with Gasteiger partial charge in [0.1, 0.15) is 5.54 Å². The van der Waals surface area contributed by atoms with Crippen LogP contribution < -0.4 is 20.5 Å². The third-order valence-electron chi connectivity index (χ3n) is 5.87. The average Bonchev–Trinajstić information content (AvgIpc) is 3.21. The highest BCUT2D eigenvalue weighted by molar-refractivity contribution is 5.87. The Balaban J connectivity index is 1.55. The smallest absolute Gasteiger partial charge is 0.244 e. The SMILES string of the molecule is CC(N)(C(=O)NCC1(c2ccc3c(c2)OCO3)CCOCC1)c1ccccc1. The Labute approximate surface area is 165 Å². The van der Waals surface area contributed by atoms with Crippen molar-refractivity contribution in [1.29, 1.82) is 0 Å². The molecule has 2 aromatic carbocycles. The molecular weight excluding hydrogens is 356 g/mol. The summed E-state index contributed by atoms with van der Waals surface area (Å²) >= 11 is 0. The van der Waals surface area contributed by atoms with Crippen LogP contribution in [-0.2, 0) is 20.5 Å². The molecule has 0 aliphatic carbocycles. The molecule has 6 nitrogen and oxygen atoms in total. The summed E-state index contributed by atoms with van der Waals surface area (Å²) in [6.45, 7) is 3.80. The maximum Gasteiger partial charge on any atom is 0.244 e. The van der Waals surface area contributed by atoms with Crippen LogP contribution >= 0.6 is 0 Å². The van der Waals surface area contributed by atoms with Gasteiger partial charge in [-0.2, -0.15) is 0 Å². The van der Waals surface area contributed by atoms with Crippen LogP contribution in [-0.4, -0.2) is 32.5 Å². The molecular formula is C22H26N2O4. The summed E-state index contributed by atoms with van der Waals surface area (Å²) in [7, 11) is 0. The van der Waals surface area contributed by atoms with E-state index in [2.05, 4.69) is 11.4 Å². The van der Waals surface area contributed by atoms with Crippen molar-refractivity contribution < 1.29 is 19.0 Å². The van der Waals surface area contributed by atoms with Crippen LogP contribution in [0.15, 0.2) is 48.5 Å². The summed E-state index contributed by atoms with van der Waals surface area (Å²) in [4.78, 5) is 13.0. The summed E-state index contributed by atoms with van der Waals surface area (Å²) in [6.07, 6.45) is 1.64. The number of rotatable bonds is 5. The van der Waals surface area contributed by atoms with E-state index < -0.39 is 5.54 Å². The van der Waals surface area contributed by atoms with Gasteiger partial charge in [-0.05, 0) is 43.0 Å². The lowest BCUT2D eigenvalue weighted by atomic mass is 9.73. The molecule has 0 aromatic heterocycles. The van der Waals surface area contributed by atoms with Crippen molar-refractivity contribution >= 4 is 5.91 Å². The molecule has 1 atom stereocenters. The van der Waals surface area contributed by atoms with Gasteiger partial charge in [0.05, 0.1) is 0 Å². The fraction of sp³-hybridized carbons (Fsp3) is 0.409. The van der Waals surface area contributed by atoms with Gasteiger partial charge in [0, 0.05) is 25.2 Å². The number of hydrogen-bond acceptors (Lipinski definition) is 5. The number of hydrogen-bond donors (Lipinski definition) is 2. The van der Waals surface area contributed by atoms with E-state index in [4.69, 9.17) is 19.9 Å². The lowest BCUT2D eigenvalue weighted by Crippen LogP contribution is -2.53. The normalized spacial score (nSPS) is 19.6. The maximum absolute atomic E-state index is 13.0. The van der Waals surface area contributed by atoms with Crippen molar-refractivity contribution in [2.75, 3.05) is 26.6 Å². The summed E-state index contributed by atoms with van der Waals surface area (Å²) in [5, 5.41) is 3.11. The van der Waals surface area contributed by atoms with Gasteiger partial charge in [0.15, 0.2) is 11.5 Å². The molecule has 1 fully saturated rings. The van der Waals surface area contributed by atoms with Crippen molar-refractivity contribution in [3.05, 3.63) is 59.7 Å². The number of nitrogens with two attached hydrogens (primary N) is 1. The summed E-state index contributed by atoms with van der Waals surface area (Å²) in [5.41, 5.74) is 6.98. The number of amides is 1. The molecule has 1 saturated heterocycles. The van der Waals surface area contributed by atoms with Crippen LogP contribution in [0, 0.1) is 0 Å². The Kier molecular flexibility index (Phi) is 5.00. The largest absolute Gasteiger partial charge is 0.454 e. The number of carbonyl (C=O) groups excluding carboxylic acids is 1. The Morgan fingerprint density at radius 3 is 2.57 bits per heavy atom. The molecule has 0 saturated carbocycles. The Hall–Kier alpha value is -2.57. The summed E-state index contributed by atoms with van der Waals surface area (Å²) in [5.74, 6) is 1.32. The van der Waals surface area contributed by atoms with Gasteiger partial charge in [0.2, 0.25) is 12.7 Å². The molecule has 148 valence electrons. The van der Waals surface area contributed by atoms with Crippen LogP contribution in [0.25, 0.3) is 0 Å². The first kappa shape index (κ1) is 18.8. The van der Waals surface area contributed by atoms with Gasteiger partial charge in [-0.15, -0.1) is 0 Å². The second-order valence-corrected chi connectivity index (χ2v) is 7.71. The van der Waals surface area contributed by atoms with Crippen LogP contribution in [0.1, 0.15) is 30.9 Å². The first-order valence-corrected chi connectivity index (χ1v) is 9.62. The summed E-state index contributed by atoms with van der Waals surface area (Å²) < 4.78 is 16.6. The van der Waals surface area contributed by atoms with E-state index in [1.807, 2.05) is 42.5 Å². The second-order valence-electron chi connectivity index (χ2n) is 7.71. The van der Waals surface area contributed by atoms with Gasteiger partial charge in [-0.1, -0.05) is 36.4 Å². The molecule has 1 unspecified atom stereocenters. The molecule has 2 aliphatic rings. The maximum atomic E-state index is 13.0. The zero-order valence-electron chi connectivity index (χ0n) is 16.1. The monoisotopic (exact) mass is 382 g/mol. The Morgan fingerprint density at radius 1 is 1.11 bits per heavy atom. The Bertz CT molecular complexity index is 845. The van der Waals surface area contributed by atoms with Crippen molar-refractivity contribution in [3.63, 3.8) is 0 Å². The molecule has 0 spiro atoms. The van der Waals surface area contributed by atoms with E-state index in [-0.39, 0.29) is 18.1 Å². The minimum atomic E-state index is -1.09. The number of ether oxygens (including phenoxy) is 3. The van der Waals surface area contributed by atoms with E-state index in [0.717, 1.165) is 35.5 Å². The van der Waals surface area contributed by atoms with E-state index in [9.17, 15) is 4.79 Å². The molecule has 28 heavy (non-hydrogen) atoms. The van der Waals surface area contributed by atoms with Gasteiger partial charge >= 0.3 is 0 Å².